The average molecular weight is 530 g/mol. The molecule has 0 saturated carbocycles. The van der Waals surface area contributed by atoms with E-state index >= 15 is 0 Å². The molecule has 34 heavy (non-hydrogen) atoms. The zero-order valence-corrected chi connectivity index (χ0v) is 19.4. The summed E-state index contributed by atoms with van der Waals surface area (Å²) < 4.78 is 99.8. The third kappa shape index (κ3) is 5.39. The highest BCUT2D eigenvalue weighted by Crippen LogP contribution is 2.35. The van der Waals surface area contributed by atoms with Gasteiger partial charge in [0.05, 0.1) is 4.90 Å². The molecule has 1 heterocycles. The predicted octanol–water partition coefficient (Wildman–Crippen LogP) is 0.922. The molecule has 14 nitrogen and oxygen atoms in total. The van der Waals surface area contributed by atoms with Crippen LogP contribution in [0, 0.1) is 12.3 Å². The third-order valence-electron chi connectivity index (χ3n) is 4.18. The first-order valence-corrected chi connectivity index (χ1v) is 13.2. The fourth-order valence-corrected chi connectivity index (χ4v) is 4.93. The highest BCUT2D eigenvalue weighted by Gasteiger charge is 2.25. The van der Waals surface area contributed by atoms with Crippen LogP contribution in [-0.2, 0) is 30.4 Å². The summed E-state index contributed by atoms with van der Waals surface area (Å²) in [5.41, 5.74) is -0.193. The minimum atomic E-state index is -5.15. The molecular formula is C17H15N5O9S3. The molecule has 5 N–H and O–H groups in total. The van der Waals surface area contributed by atoms with Crippen LogP contribution in [0.1, 0.15) is 12.7 Å². The minimum Gasteiger partial charge on any atom is -0.354 e. The molecule has 17 heteroatoms. The maximum absolute atomic E-state index is 12.0. The Balaban J connectivity index is 2.37. The van der Waals surface area contributed by atoms with Crippen molar-refractivity contribution in [3.05, 3.63) is 30.1 Å². The Labute approximate surface area is 193 Å². The van der Waals surface area contributed by atoms with Crippen LogP contribution < -0.4 is 10.6 Å². The molecule has 0 fully saturated rings. The van der Waals surface area contributed by atoms with E-state index in [1.807, 2.05) is 0 Å². The van der Waals surface area contributed by atoms with Gasteiger partial charge in [-0.1, -0.05) is 0 Å². The summed E-state index contributed by atoms with van der Waals surface area (Å²) in [7, 11) is -15.3. The number of rotatable bonds is 7. The van der Waals surface area contributed by atoms with Crippen molar-refractivity contribution in [1.29, 1.82) is 0 Å². The Morgan fingerprint density at radius 3 is 1.91 bits per heavy atom. The van der Waals surface area contributed by atoms with Gasteiger partial charge >= 0.3 is 0 Å². The van der Waals surface area contributed by atoms with Crippen molar-refractivity contribution in [3.63, 3.8) is 0 Å². The molecule has 0 amide bonds. The van der Waals surface area contributed by atoms with Gasteiger partial charge in [0.2, 0.25) is 17.7 Å². The summed E-state index contributed by atoms with van der Waals surface area (Å²) in [6.45, 7) is 2.18. The van der Waals surface area contributed by atoms with Gasteiger partial charge in [-0.05, 0) is 37.1 Å². The number of nitrogens with zero attached hydrogens (tertiary/aromatic N) is 3. The molecule has 180 valence electrons. The monoisotopic (exact) mass is 529 g/mol. The Hall–Kier alpha value is -3.40. The molecule has 0 spiro atoms. The summed E-state index contributed by atoms with van der Waals surface area (Å²) >= 11 is 0. The molecule has 0 bridgehead atoms. The number of anilines is 3. The Bertz CT molecular complexity index is 1680. The summed E-state index contributed by atoms with van der Waals surface area (Å²) in [4.78, 5) is 8.84. The largest absolute Gasteiger partial charge is 0.354 e. The number of nitrogens with one attached hydrogen (secondary N) is 2. The molecule has 2 aromatic carbocycles. The van der Waals surface area contributed by atoms with Gasteiger partial charge in [-0.3, -0.25) is 13.7 Å². The molecule has 0 atom stereocenters. The van der Waals surface area contributed by atoms with E-state index in [0.717, 1.165) is 12.1 Å². The molecule has 0 unspecified atom stereocenters. The zero-order chi connectivity index (χ0) is 25.5. The third-order valence-corrected chi connectivity index (χ3v) is 6.80. The van der Waals surface area contributed by atoms with Crippen LogP contribution in [-0.4, -0.2) is 60.4 Å². The van der Waals surface area contributed by atoms with Gasteiger partial charge in [-0.2, -0.15) is 40.2 Å². The normalized spacial score (nSPS) is 12.3. The second kappa shape index (κ2) is 8.75. The van der Waals surface area contributed by atoms with Crippen molar-refractivity contribution in [2.45, 2.75) is 21.6 Å². The van der Waals surface area contributed by atoms with E-state index in [-0.39, 0.29) is 23.4 Å². The number of fused-ring (bicyclic) bond motifs is 1. The Morgan fingerprint density at radius 1 is 0.824 bits per heavy atom. The topological polar surface area (TPSA) is 226 Å². The standard InChI is InChI=1S/C17H15N5O9S3/c1-3-15-20-16(18-4-2)22-17(21-15)19-9-5-11-12(13(6-9)33(26,27)28)7-10(32(23,24)25)8-14(11)34(29,30)31/h1,5-8H,4H2,2H3,(H,23,24,25)(H,26,27,28)(H,29,30,31)(H2,18,19,20,21,22). The van der Waals surface area contributed by atoms with Crippen LogP contribution in [0.2, 0.25) is 0 Å². The molecule has 0 saturated heterocycles. The maximum Gasteiger partial charge on any atom is 0.295 e. The van der Waals surface area contributed by atoms with Gasteiger partial charge in [-0.15, -0.1) is 6.42 Å². The zero-order valence-electron chi connectivity index (χ0n) is 17.0. The highest BCUT2D eigenvalue weighted by molar-refractivity contribution is 7.87. The van der Waals surface area contributed by atoms with E-state index < -0.39 is 55.8 Å². The molecule has 0 aliphatic carbocycles. The van der Waals surface area contributed by atoms with Crippen LogP contribution in [0.4, 0.5) is 17.6 Å². The minimum absolute atomic E-state index is 0.0696. The fraction of sp³-hybridized carbons (Fsp3) is 0.118. The van der Waals surface area contributed by atoms with E-state index in [9.17, 15) is 38.9 Å². The molecule has 1 aromatic heterocycles. The summed E-state index contributed by atoms with van der Waals surface area (Å²) in [5, 5.41) is 4.25. The molecule has 0 radical (unpaired) electrons. The lowest BCUT2D eigenvalue weighted by molar-refractivity contribution is 0.478. The average Bonchev–Trinajstić information content (AvgIpc) is 2.70. The Morgan fingerprint density at radius 2 is 1.38 bits per heavy atom. The van der Waals surface area contributed by atoms with Crippen molar-refractivity contribution in [2.75, 3.05) is 17.2 Å². The smallest absolute Gasteiger partial charge is 0.295 e. The second-order valence-corrected chi connectivity index (χ2v) is 10.7. The quantitative estimate of drug-likeness (QED) is 0.212. The van der Waals surface area contributed by atoms with E-state index in [0.29, 0.717) is 18.7 Å². The maximum atomic E-state index is 12.0. The highest BCUT2D eigenvalue weighted by atomic mass is 32.2. The van der Waals surface area contributed by atoms with Crippen molar-refractivity contribution < 1.29 is 38.9 Å². The molecule has 3 aromatic rings. The number of terminal acetylenes is 1. The first-order valence-electron chi connectivity index (χ1n) is 8.91. The van der Waals surface area contributed by atoms with E-state index in [4.69, 9.17) is 6.42 Å². The van der Waals surface area contributed by atoms with Gasteiger partial charge in [-0.25, -0.2) is 0 Å². The lowest BCUT2D eigenvalue weighted by Gasteiger charge is -2.13. The summed E-state index contributed by atoms with van der Waals surface area (Å²) in [6, 6.07) is 2.89. The predicted molar refractivity (Wildman–Crippen MR) is 119 cm³/mol. The van der Waals surface area contributed by atoms with Gasteiger partial charge in [0, 0.05) is 23.0 Å². The van der Waals surface area contributed by atoms with Crippen molar-refractivity contribution in [3.8, 4) is 12.3 Å². The SMILES string of the molecule is C#Cc1nc(NCC)nc(Nc2cc(S(=O)(=O)O)c3cc(S(=O)(=O)O)cc(S(=O)(=O)O)c3c2)n1. The van der Waals surface area contributed by atoms with Crippen molar-refractivity contribution in [2.24, 2.45) is 0 Å². The first kappa shape index (κ1) is 25.2. The van der Waals surface area contributed by atoms with E-state index in [1.165, 1.54) is 0 Å². The fourth-order valence-electron chi connectivity index (χ4n) is 2.88. The molecule has 3 rings (SSSR count). The number of hydrogen-bond donors (Lipinski definition) is 5. The lowest BCUT2D eigenvalue weighted by Crippen LogP contribution is -2.09. The first-order chi connectivity index (χ1) is 15.6. The van der Waals surface area contributed by atoms with Crippen molar-refractivity contribution in [1.82, 2.24) is 15.0 Å². The number of benzene rings is 2. The van der Waals surface area contributed by atoms with E-state index in [1.54, 1.807) is 6.92 Å². The van der Waals surface area contributed by atoms with Crippen LogP contribution >= 0.6 is 0 Å². The van der Waals surface area contributed by atoms with Gasteiger partial charge in [0.15, 0.2) is 0 Å². The molecule has 0 aliphatic rings. The van der Waals surface area contributed by atoms with Crippen LogP contribution in [0.3, 0.4) is 0 Å². The summed E-state index contributed by atoms with van der Waals surface area (Å²) in [6.07, 6.45) is 5.32. The van der Waals surface area contributed by atoms with Crippen LogP contribution in [0.5, 0.6) is 0 Å². The number of hydrogen-bond acceptors (Lipinski definition) is 11. The van der Waals surface area contributed by atoms with Crippen LogP contribution in [0.25, 0.3) is 10.8 Å². The Kier molecular flexibility index (Phi) is 6.49. The van der Waals surface area contributed by atoms with Gasteiger partial charge in [0.1, 0.15) is 9.79 Å². The summed E-state index contributed by atoms with van der Waals surface area (Å²) in [5.74, 6) is 1.98. The molecular weight excluding hydrogens is 514 g/mol. The lowest BCUT2D eigenvalue weighted by atomic mass is 10.1. The van der Waals surface area contributed by atoms with Gasteiger partial charge in [0.25, 0.3) is 30.4 Å². The second-order valence-electron chi connectivity index (χ2n) is 6.52. The van der Waals surface area contributed by atoms with Crippen molar-refractivity contribution >= 4 is 58.7 Å². The molecule has 0 aliphatic heterocycles. The van der Waals surface area contributed by atoms with Crippen LogP contribution in [0.15, 0.2) is 39.0 Å². The number of aromatic nitrogens is 3. The van der Waals surface area contributed by atoms with Gasteiger partial charge < -0.3 is 10.6 Å². The van der Waals surface area contributed by atoms with E-state index in [2.05, 4.69) is 31.5 Å².